The smallest absolute Gasteiger partial charge is 0.408 e. The summed E-state index contributed by atoms with van der Waals surface area (Å²) in [5.74, 6) is -0.000648. The standard InChI is InChI=1S/C15H23ClN2O3/c1-9(2)13(18(14(20)21)15(3,4)5)12-10(8-19)6-11(16)7-17-12/h6-7,9,13,19H,8H2,1-5H3,(H,20,21). The van der Waals surface area contributed by atoms with E-state index in [0.29, 0.717) is 16.3 Å². The third-order valence-electron chi connectivity index (χ3n) is 3.26. The van der Waals surface area contributed by atoms with Crippen LogP contribution in [0.15, 0.2) is 12.3 Å². The molecule has 0 fully saturated rings. The molecule has 1 heterocycles. The Kier molecular flexibility index (Phi) is 5.59. The van der Waals surface area contributed by atoms with Gasteiger partial charge in [0.15, 0.2) is 0 Å². The van der Waals surface area contributed by atoms with Crippen molar-refractivity contribution >= 4 is 17.7 Å². The maximum atomic E-state index is 11.7. The maximum absolute atomic E-state index is 11.7. The van der Waals surface area contributed by atoms with Gasteiger partial charge in [-0.1, -0.05) is 25.4 Å². The molecule has 0 aliphatic carbocycles. The predicted octanol–water partition coefficient (Wildman–Crippen LogP) is 3.70. The van der Waals surface area contributed by atoms with Gasteiger partial charge in [-0.15, -0.1) is 0 Å². The van der Waals surface area contributed by atoms with Crippen molar-refractivity contribution in [3.8, 4) is 0 Å². The Morgan fingerprint density at radius 3 is 2.38 bits per heavy atom. The topological polar surface area (TPSA) is 73.7 Å². The SMILES string of the molecule is CC(C)C(c1ncc(Cl)cc1CO)N(C(=O)O)C(C)(C)C. The number of nitrogens with zero attached hydrogens (tertiary/aromatic N) is 2. The summed E-state index contributed by atoms with van der Waals surface area (Å²) in [6.45, 7) is 9.15. The van der Waals surface area contributed by atoms with Gasteiger partial charge in [-0.3, -0.25) is 9.88 Å². The van der Waals surface area contributed by atoms with Gasteiger partial charge in [0.25, 0.3) is 0 Å². The highest BCUT2D eigenvalue weighted by Crippen LogP contribution is 2.35. The summed E-state index contributed by atoms with van der Waals surface area (Å²) >= 11 is 5.91. The van der Waals surface area contributed by atoms with Crippen molar-refractivity contribution in [3.05, 3.63) is 28.5 Å². The molecule has 0 aliphatic rings. The summed E-state index contributed by atoms with van der Waals surface area (Å²) in [4.78, 5) is 17.4. The largest absolute Gasteiger partial charge is 0.465 e. The Morgan fingerprint density at radius 2 is 2.00 bits per heavy atom. The summed E-state index contributed by atoms with van der Waals surface area (Å²) in [7, 11) is 0. The lowest BCUT2D eigenvalue weighted by atomic mass is 9.91. The molecule has 1 amide bonds. The summed E-state index contributed by atoms with van der Waals surface area (Å²) in [6, 6.07) is 1.17. The van der Waals surface area contributed by atoms with Crippen LogP contribution in [0.5, 0.6) is 0 Å². The highest BCUT2D eigenvalue weighted by Gasteiger charge is 2.37. The number of pyridine rings is 1. The van der Waals surface area contributed by atoms with Crippen molar-refractivity contribution in [2.24, 2.45) is 5.92 Å². The first kappa shape index (κ1) is 17.7. The van der Waals surface area contributed by atoms with Crippen LogP contribution in [0.4, 0.5) is 4.79 Å². The number of amides is 1. The molecule has 0 saturated carbocycles. The van der Waals surface area contributed by atoms with Crippen LogP contribution < -0.4 is 0 Å². The van der Waals surface area contributed by atoms with Crippen molar-refractivity contribution in [2.75, 3.05) is 0 Å². The van der Waals surface area contributed by atoms with Crippen LogP contribution in [0.3, 0.4) is 0 Å². The van der Waals surface area contributed by atoms with E-state index in [0.717, 1.165) is 0 Å². The first-order chi connectivity index (χ1) is 9.59. The average Bonchev–Trinajstić information content (AvgIpc) is 2.33. The van der Waals surface area contributed by atoms with Crippen molar-refractivity contribution < 1.29 is 15.0 Å². The fraction of sp³-hybridized carbons (Fsp3) is 0.600. The highest BCUT2D eigenvalue weighted by atomic mass is 35.5. The van der Waals surface area contributed by atoms with Gasteiger partial charge in [-0.25, -0.2) is 4.79 Å². The molecule has 0 bridgehead atoms. The number of hydrogen-bond donors (Lipinski definition) is 2. The number of hydrogen-bond acceptors (Lipinski definition) is 3. The van der Waals surface area contributed by atoms with Gasteiger partial charge in [0.1, 0.15) is 0 Å². The second kappa shape index (κ2) is 6.62. The zero-order valence-electron chi connectivity index (χ0n) is 13.1. The van der Waals surface area contributed by atoms with E-state index >= 15 is 0 Å². The fourth-order valence-corrected chi connectivity index (χ4v) is 2.62. The monoisotopic (exact) mass is 314 g/mol. The van der Waals surface area contributed by atoms with Gasteiger partial charge < -0.3 is 10.2 Å². The van der Waals surface area contributed by atoms with Gasteiger partial charge in [0.2, 0.25) is 0 Å². The summed E-state index contributed by atoms with van der Waals surface area (Å²) < 4.78 is 0. The Morgan fingerprint density at radius 1 is 1.43 bits per heavy atom. The van der Waals surface area contributed by atoms with Gasteiger partial charge in [0.05, 0.1) is 23.4 Å². The van der Waals surface area contributed by atoms with Crippen LogP contribution in [-0.2, 0) is 6.61 Å². The molecule has 0 radical (unpaired) electrons. The van der Waals surface area contributed by atoms with Gasteiger partial charge in [-0.2, -0.15) is 0 Å². The van der Waals surface area contributed by atoms with E-state index in [1.807, 2.05) is 34.6 Å². The number of aliphatic hydroxyl groups is 1. The van der Waals surface area contributed by atoms with Crippen LogP contribution in [0.2, 0.25) is 5.02 Å². The Bertz CT molecular complexity index is 512. The van der Waals surface area contributed by atoms with E-state index in [4.69, 9.17) is 11.6 Å². The highest BCUT2D eigenvalue weighted by molar-refractivity contribution is 6.30. The Hall–Kier alpha value is -1.33. The number of rotatable bonds is 4. The molecule has 1 aromatic heterocycles. The average molecular weight is 315 g/mol. The van der Waals surface area contributed by atoms with Crippen molar-refractivity contribution in [1.29, 1.82) is 0 Å². The van der Waals surface area contributed by atoms with E-state index in [-0.39, 0.29) is 12.5 Å². The molecule has 0 saturated heterocycles. The number of carbonyl (C=O) groups is 1. The van der Waals surface area contributed by atoms with Crippen LogP contribution in [-0.4, -0.2) is 31.7 Å². The van der Waals surface area contributed by atoms with E-state index in [1.54, 1.807) is 6.07 Å². The van der Waals surface area contributed by atoms with E-state index in [1.165, 1.54) is 11.1 Å². The predicted molar refractivity (Wildman–Crippen MR) is 82.4 cm³/mol. The summed E-state index contributed by atoms with van der Waals surface area (Å²) in [6.07, 6.45) is 0.468. The molecule has 1 atom stereocenters. The minimum absolute atomic E-state index is 0.000648. The van der Waals surface area contributed by atoms with Crippen LogP contribution in [0, 0.1) is 5.92 Å². The number of aliphatic hydroxyl groups excluding tert-OH is 1. The zero-order valence-corrected chi connectivity index (χ0v) is 13.8. The molecular formula is C15H23ClN2O3. The van der Waals surface area contributed by atoms with Gasteiger partial charge >= 0.3 is 6.09 Å². The van der Waals surface area contributed by atoms with E-state index < -0.39 is 17.7 Å². The minimum atomic E-state index is -1.01. The normalized spacial score (nSPS) is 13.3. The van der Waals surface area contributed by atoms with E-state index in [9.17, 15) is 15.0 Å². The van der Waals surface area contributed by atoms with Crippen molar-refractivity contribution in [3.63, 3.8) is 0 Å². The number of aromatic nitrogens is 1. The maximum Gasteiger partial charge on any atom is 0.408 e. The van der Waals surface area contributed by atoms with Crippen molar-refractivity contribution in [1.82, 2.24) is 9.88 Å². The second-order valence-electron chi connectivity index (χ2n) is 6.37. The molecule has 0 aromatic carbocycles. The molecule has 118 valence electrons. The Balaban J connectivity index is 3.45. The van der Waals surface area contributed by atoms with E-state index in [2.05, 4.69) is 4.98 Å². The first-order valence-electron chi connectivity index (χ1n) is 6.87. The molecule has 0 aliphatic heterocycles. The van der Waals surface area contributed by atoms with Gasteiger partial charge in [-0.05, 0) is 32.8 Å². The molecule has 1 aromatic rings. The Labute approximate surface area is 130 Å². The molecule has 6 heteroatoms. The lowest BCUT2D eigenvalue weighted by Gasteiger charge is -2.41. The third-order valence-corrected chi connectivity index (χ3v) is 3.46. The third kappa shape index (κ3) is 4.08. The lowest BCUT2D eigenvalue weighted by molar-refractivity contribution is 0.0510. The first-order valence-corrected chi connectivity index (χ1v) is 7.24. The molecule has 21 heavy (non-hydrogen) atoms. The van der Waals surface area contributed by atoms with Crippen LogP contribution in [0.25, 0.3) is 0 Å². The zero-order chi connectivity index (χ0) is 16.4. The molecule has 1 rings (SSSR count). The van der Waals surface area contributed by atoms with Crippen LogP contribution in [0.1, 0.15) is 51.9 Å². The summed E-state index contributed by atoms with van der Waals surface area (Å²) in [5.41, 5.74) is 0.514. The molecule has 2 N–H and O–H groups in total. The minimum Gasteiger partial charge on any atom is -0.465 e. The fourth-order valence-electron chi connectivity index (χ4n) is 2.44. The molecular weight excluding hydrogens is 292 g/mol. The quantitative estimate of drug-likeness (QED) is 0.888. The van der Waals surface area contributed by atoms with Gasteiger partial charge in [0, 0.05) is 17.3 Å². The number of carboxylic acid groups (broad SMARTS) is 1. The second-order valence-corrected chi connectivity index (χ2v) is 6.80. The molecule has 5 nitrogen and oxygen atoms in total. The van der Waals surface area contributed by atoms with Crippen LogP contribution >= 0.6 is 11.6 Å². The molecule has 1 unspecified atom stereocenters. The lowest BCUT2D eigenvalue weighted by Crippen LogP contribution is -2.49. The summed E-state index contributed by atoms with van der Waals surface area (Å²) in [5, 5.41) is 19.6. The van der Waals surface area contributed by atoms with Crippen molar-refractivity contribution in [2.45, 2.75) is 52.8 Å². The molecule has 0 spiro atoms. The number of halogens is 1.